The van der Waals surface area contributed by atoms with E-state index in [1.54, 1.807) is 6.21 Å². The lowest BCUT2D eigenvalue weighted by Crippen LogP contribution is -2.19. The largest absolute Gasteiger partial charge is 0.361 e. The monoisotopic (exact) mass is 355 g/mol. The molecule has 110 valence electrons. The van der Waals surface area contributed by atoms with Gasteiger partial charge in [-0.3, -0.25) is 4.79 Å². The minimum atomic E-state index is -0.136. The van der Waals surface area contributed by atoms with Crippen molar-refractivity contribution in [1.82, 2.24) is 10.4 Å². The van der Waals surface area contributed by atoms with Gasteiger partial charge in [0, 0.05) is 27.1 Å². The summed E-state index contributed by atoms with van der Waals surface area (Å²) in [7, 11) is 0. The molecular weight excluding hydrogens is 342 g/mol. The Kier molecular flexibility index (Phi) is 4.34. The topological polar surface area (TPSA) is 57.2 Å². The second-order valence-corrected chi connectivity index (χ2v) is 5.81. The second-order valence-electron chi connectivity index (χ2n) is 4.89. The lowest BCUT2D eigenvalue weighted by molar-refractivity contribution is -0.120. The quantitative estimate of drug-likeness (QED) is 0.544. The maximum absolute atomic E-state index is 11.8. The summed E-state index contributed by atoms with van der Waals surface area (Å²) < 4.78 is 1.00. The number of benzene rings is 2. The van der Waals surface area contributed by atoms with E-state index in [2.05, 4.69) is 31.4 Å². The molecule has 4 nitrogen and oxygen atoms in total. The highest BCUT2D eigenvalue weighted by molar-refractivity contribution is 9.10. The predicted molar refractivity (Wildman–Crippen MR) is 91.9 cm³/mol. The van der Waals surface area contributed by atoms with Gasteiger partial charge in [0.2, 0.25) is 5.91 Å². The van der Waals surface area contributed by atoms with Crippen LogP contribution in [0.25, 0.3) is 10.9 Å². The molecule has 1 aromatic heterocycles. The van der Waals surface area contributed by atoms with Crippen LogP contribution in [0, 0.1) is 0 Å². The first-order chi connectivity index (χ1) is 10.7. The molecule has 1 amide bonds. The van der Waals surface area contributed by atoms with Gasteiger partial charge in [0.15, 0.2) is 0 Å². The molecule has 0 bridgehead atoms. The Morgan fingerprint density at radius 3 is 2.86 bits per heavy atom. The van der Waals surface area contributed by atoms with Crippen molar-refractivity contribution in [1.29, 1.82) is 0 Å². The van der Waals surface area contributed by atoms with Crippen LogP contribution in [0.3, 0.4) is 0 Å². The van der Waals surface area contributed by atoms with Gasteiger partial charge in [-0.05, 0) is 23.8 Å². The zero-order chi connectivity index (χ0) is 15.4. The van der Waals surface area contributed by atoms with Crippen molar-refractivity contribution >= 4 is 39.0 Å². The predicted octanol–water partition coefficient (Wildman–Crippen LogP) is 3.62. The summed E-state index contributed by atoms with van der Waals surface area (Å²) in [4.78, 5) is 15.0. The molecule has 3 rings (SSSR count). The van der Waals surface area contributed by atoms with Gasteiger partial charge in [0.25, 0.3) is 0 Å². The van der Waals surface area contributed by atoms with Crippen molar-refractivity contribution in [2.45, 2.75) is 6.42 Å². The van der Waals surface area contributed by atoms with E-state index >= 15 is 0 Å². The van der Waals surface area contributed by atoms with E-state index in [1.807, 2.05) is 54.7 Å². The zero-order valence-electron chi connectivity index (χ0n) is 11.7. The average Bonchev–Trinajstić information content (AvgIpc) is 2.91. The normalized spacial score (nSPS) is 11.1. The Hall–Kier alpha value is -2.40. The Morgan fingerprint density at radius 2 is 2.05 bits per heavy atom. The fraction of sp³-hybridized carbons (Fsp3) is 0.0588. The number of hydrogen-bond donors (Lipinski definition) is 2. The van der Waals surface area contributed by atoms with E-state index in [-0.39, 0.29) is 5.91 Å². The number of aromatic amines is 1. The molecule has 0 spiro atoms. The summed E-state index contributed by atoms with van der Waals surface area (Å²) in [5.41, 5.74) is 5.47. The van der Waals surface area contributed by atoms with Gasteiger partial charge in [0.1, 0.15) is 0 Å². The molecule has 0 unspecified atom stereocenters. The van der Waals surface area contributed by atoms with E-state index in [0.29, 0.717) is 6.42 Å². The molecule has 0 aliphatic heterocycles. The summed E-state index contributed by atoms with van der Waals surface area (Å²) in [5.74, 6) is -0.136. The number of aromatic nitrogens is 1. The summed E-state index contributed by atoms with van der Waals surface area (Å²) in [5, 5.41) is 5.08. The third-order valence-corrected chi connectivity index (χ3v) is 3.77. The third kappa shape index (κ3) is 3.43. The van der Waals surface area contributed by atoms with Crippen LogP contribution >= 0.6 is 15.9 Å². The lowest BCUT2D eigenvalue weighted by Gasteiger charge is -1.99. The van der Waals surface area contributed by atoms with Crippen LogP contribution in [-0.4, -0.2) is 17.1 Å². The molecule has 0 atom stereocenters. The standard InChI is InChI=1S/C17H14BrN3O/c18-14-6-7-16-15(9-14)13(10-19-16)11-20-21-17(22)8-12-4-2-1-3-5-12/h1-7,9-11,19H,8H2,(H,21,22). The first kappa shape index (κ1) is 14.5. The molecule has 22 heavy (non-hydrogen) atoms. The second kappa shape index (κ2) is 6.58. The van der Waals surface area contributed by atoms with Gasteiger partial charge in [0.05, 0.1) is 12.6 Å². The first-order valence-electron chi connectivity index (χ1n) is 6.85. The Labute approximate surface area is 136 Å². The van der Waals surface area contributed by atoms with Gasteiger partial charge < -0.3 is 4.98 Å². The van der Waals surface area contributed by atoms with Gasteiger partial charge >= 0.3 is 0 Å². The Balaban J connectivity index is 1.66. The number of nitrogens with one attached hydrogen (secondary N) is 2. The zero-order valence-corrected chi connectivity index (χ0v) is 13.3. The van der Waals surface area contributed by atoms with Crippen molar-refractivity contribution in [3.63, 3.8) is 0 Å². The molecule has 0 fully saturated rings. The molecule has 2 N–H and O–H groups in total. The van der Waals surface area contributed by atoms with Gasteiger partial charge in [-0.25, -0.2) is 5.43 Å². The lowest BCUT2D eigenvalue weighted by atomic mass is 10.1. The van der Waals surface area contributed by atoms with Gasteiger partial charge in [-0.2, -0.15) is 5.10 Å². The number of fused-ring (bicyclic) bond motifs is 1. The fourth-order valence-electron chi connectivity index (χ4n) is 2.22. The highest BCUT2D eigenvalue weighted by atomic mass is 79.9. The number of carbonyl (C=O) groups is 1. The molecule has 3 aromatic rings. The van der Waals surface area contributed by atoms with Crippen molar-refractivity contribution < 1.29 is 4.79 Å². The molecule has 1 heterocycles. The number of rotatable bonds is 4. The minimum Gasteiger partial charge on any atom is -0.361 e. The van der Waals surface area contributed by atoms with Crippen molar-refractivity contribution in [3.8, 4) is 0 Å². The number of halogens is 1. The summed E-state index contributed by atoms with van der Waals surface area (Å²) >= 11 is 3.45. The fourth-order valence-corrected chi connectivity index (χ4v) is 2.58. The molecule has 0 saturated carbocycles. The highest BCUT2D eigenvalue weighted by Crippen LogP contribution is 2.21. The number of amides is 1. The average molecular weight is 356 g/mol. The van der Waals surface area contributed by atoms with Crippen molar-refractivity contribution in [2.24, 2.45) is 5.10 Å². The van der Waals surface area contributed by atoms with Gasteiger partial charge in [-0.1, -0.05) is 46.3 Å². The van der Waals surface area contributed by atoms with Crippen molar-refractivity contribution in [3.05, 3.63) is 70.3 Å². The van der Waals surface area contributed by atoms with E-state index < -0.39 is 0 Å². The smallest absolute Gasteiger partial charge is 0.244 e. The Bertz CT molecular complexity index is 824. The first-order valence-corrected chi connectivity index (χ1v) is 7.64. The van der Waals surface area contributed by atoms with Crippen LogP contribution < -0.4 is 5.43 Å². The van der Waals surface area contributed by atoms with E-state index in [0.717, 1.165) is 26.5 Å². The summed E-state index contributed by atoms with van der Waals surface area (Å²) in [6.07, 6.45) is 3.83. The SMILES string of the molecule is O=C(Cc1ccccc1)NN=Cc1c[nH]c2ccc(Br)cc12. The number of nitrogens with zero attached hydrogens (tertiary/aromatic N) is 1. The van der Waals surface area contributed by atoms with Crippen LogP contribution in [0.15, 0.2) is 64.3 Å². The number of hydrazone groups is 1. The molecule has 0 aliphatic carbocycles. The van der Waals surface area contributed by atoms with Crippen LogP contribution in [-0.2, 0) is 11.2 Å². The van der Waals surface area contributed by atoms with Crippen LogP contribution in [0.2, 0.25) is 0 Å². The van der Waals surface area contributed by atoms with Crippen LogP contribution in [0.4, 0.5) is 0 Å². The van der Waals surface area contributed by atoms with Crippen molar-refractivity contribution in [2.75, 3.05) is 0 Å². The highest BCUT2D eigenvalue weighted by Gasteiger charge is 2.03. The van der Waals surface area contributed by atoms with Crippen LogP contribution in [0.5, 0.6) is 0 Å². The molecule has 0 saturated heterocycles. The maximum atomic E-state index is 11.8. The van der Waals surface area contributed by atoms with E-state index in [1.165, 1.54) is 0 Å². The maximum Gasteiger partial charge on any atom is 0.244 e. The van der Waals surface area contributed by atoms with E-state index in [4.69, 9.17) is 0 Å². The van der Waals surface area contributed by atoms with Crippen LogP contribution in [0.1, 0.15) is 11.1 Å². The minimum absolute atomic E-state index is 0.136. The molecular formula is C17H14BrN3O. The Morgan fingerprint density at radius 1 is 1.23 bits per heavy atom. The number of H-pyrrole nitrogens is 1. The summed E-state index contributed by atoms with van der Waals surface area (Å²) in [6.45, 7) is 0. The molecule has 0 aliphatic rings. The third-order valence-electron chi connectivity index (χ3n) is 3.28. The van der Waals surface area contributed by atoms with Gasteiger partial charge in [-0.15, -0.1) is 0 Å². The molecule has 0 radical (unpaired) electrons. The molecule has 5 heteroatoms. The van der Waals surface area contributed by atoms with E-state index in [9.17, 15) is 4.79 Å². The summed E-state index contributed by atoms with van der Waals surface area (Å²) in [6, 6.07) is 15.6. The number of hydrogen-bond acceptors (Lipinski definition) is 2. The molecule has 2 aromatic carbocycles. The number of carbonyl (C=O) groups excluding carboxylic acids is 1.